The van der Waals surface area contributed by atoms with Crippen LogP contribution in [-0.4, -0.2) is 55.2 Å². The van der Waals surface area contributed by atoms with Crippen molar-refractivity contribution in [3.8, 4) is 5.75 Å². The van der Waals surface area contributed by atoms with Crippen LogP contribution in [0.25, 0.3) is 10.9 Å². The summed E-state index contributed by atoms with van der Waals surface area (Å²) in [7, 11) is 3.83. The van der Waals surface area contributed by atoms with Crippen LogP contribution in [0.2, 0.25) is 0 Å². The highest BCUT2D eigenvalue weighted by Gasteiger charge is 2.19. The van der Waals surface area contributed by atoms with E-state index >= 15 is 0 Å². The summed E-state index contributed by atoms with van der Waals surface area (Å²) in [6.45, 7) is 6.05. The van der Waals surface area contributed by atoms with Crippen molar-refractivity contribution in [1.29, 1.82) is 0 Å². The maximum Gasteiger partial charge on any atom is 0.229 e. The molecule has 140 valence electrons. The van der Waals surface area contributed by atoms with Crippen LogP contribution in [0.15, 0.2) is 42.5 Å². The minimum Gasteiger partial charge on any atom is -0.495 e. The van der Waals surface area contributed by atoms with Crippen LogP contribution in [0.5, 0.6) is 5.75 Å². The lowest BCUT2D eigenvalue weighted by Crippen LogP contribution is -2.45. The standard InChI is InChI=1S/C21H25N5O/c1-15-8-9-19(27-3)18(14-15)23-21-22-17-7-5-4-6-16(17)20(24-21)26-12-10-25(2)11-13-26/h4-9,14H,10-13H2,1-3H3,(H,22,23,24). The lowest BCUT2D eigenvalue weighted by molar-refractivity contribution is 0.312. The molecule has 0 atom stereocenters. The highest BCUT2D eigenvalue weighted by Crippen LogP contribution is 2.30. The lowest BCUT2D eigenvalue weighted by Gasteiger charge is -2.33. The van der Waals surface area contributed by atoms with Crippen LogP contribution in [0.4, 0.5) is 17.5 Å². The first-order valence-electron chi connectivity index (χ1n) is 9.26. The van der Waals surface area contributed by atoms with Gasteiger partial charge in [-0.2, -0.15) is 4.98 Å². The maximum absolute atomic E-state index is 5.48. The molecule has 2 heterocycles. The van der Waals surface area contributed by atoms with Crippen LogP contribution < -0.4 is 15.0 Å². The lowest BCUT2D eigenvalue weighted by atomic mass is 10.2. The molecule has 0 saturated carbocycles. The molecule has 3 aromatic rings. The number of rotatable bonds is 4. The van der Waals surface area contributed by atoms with E-state index in [1.807, 2.05) is 36.4 Å². The topological polar surface area (TPSA) is 53.5 Å². The van der Waals surface area contributed by atoms with Gasteiger partial charge in [-0.15, -0.1) is 0 Å². The summed E-state index contributed by atoms with van der Waals surface area (Å²) in [5.41, 5.74) is 2.96. The van der Waals surface area contributed by atoms with Gasteiger partial charge < -0.3 is 19.9 Å². The predicted octanol–water partition coefficient (Wildman–Crippen LogP) is 3.44. The van der Waals surface area contributed by atoms with Gasteiger partial charge in [0.2, 0.25) is 5.95 Å². The highest BCUT2D eigenvalue weighted by atomic mass is 16.5. The summed E-state index contributed by atoms with van der Waals surface area (Å²) >= 11 is 0. The SMILES string of the molecule is COc1ccc(C)cc1Nc1nc(N2CCN(C)CC2)c2ccccc2n1. The van der Waals surface area contributed by atoms with E-state index < -0.39 is 0 Å². The second-order valence-corrected chi connectivity index (χ2v) is 7.01. The number of nitrogens with one attached hydrogen (secondary N) is 1. The van der Waals surface area contributed by atoms with Crippen molar-refractivity contribution < 1.29 is 4.74 Å². The fourth-order valence-electron chi connectivity index (χ4n) is 3.42. The summed E-state index contributed by atoms with van der Waals surface area (Å²) in [4.78, 5) is 14.3. The Labute approximate surface area is 159 Å². The Morgan fingerprint density at radius 3 is 2.56 bits per heavy atom. The molecule has 2 aromatic carbocycles. The molecule has 1 aliphatic rings. The van der Waals surface area contributed by atoms with Gasteiger partial charge in [0.25, 0.3) is 0 Å². The van der Waals surface area contributed by atoms with Gasteiger partial charge in [-0.05, 0) is 43.8 Å². The van der Waals surface area contributed by atoms with E-state index in [1.165, 1.54) is 0 Å². The molecule has 0 spiro atoms. The minimum absolute atomic E-state index is 0.589. The average Bonchev–Trinajstić information content (AvgIpc) is 2.68. The third-order valence-corrected chi connectivity index (χ3v) is 4.99. The predicted molar refractivity (Wildman–Crippen MR) is 110 cm³/mol. The largest absolute Gasteiger partial charge is 0.495 e. The van der Waals surface area contributed by atoms with Gasteiger partial charge in [-0.25, -0.2) is 4.98 Å². The molecule has 27 heavy (non-hydrogen) atoms. The normalized spacial score (nSPS) is 15.1. The second-order valence-electron chi connectivity index (χ2n) is 7.01. The van der Waals surface area contributed by atoms with Gasteiger partial charge in [0.1, 0.15) is 11.6 Å². The molecule has 6 nitrogen and oxygen atoms in total. The Morgan fingerprint density at radius 2 is 1.78 bits per heavy atom. The molecular weight excluding hydrogens is 338 g/mol. The molecule has 0 bridgehead atoms. The van der Waals surface area contributed by atoms with Crippen molar-refractivity contribution in [1.82, 2.24) is 14.9 Å². The van der Waals surface area contributed by atoms with Crippen molar-refractivity contribution >= 4 is 28.4 Å². The monoisotopic (exact) mass is 363 g/mol. The summed E-state index contributed by atoms with van der Waals surface area (Å²) in [6.07, 6.45) is 0. The molecule has 0 amide bonds. The number of piperazine rings is 1. The zero-order valence-electron chi connectivity index (χ0n) is 16.1. The smallest absolute Gasteiger partial charge is 0.229 e. The van der Waals surface area contributed by atoms with Crippen LogP contribution in [-0.2, 0) is 0 Å². The van der Waals surface area contributed by atoms with E-state index in [2.05, 4.69) is 35.2 Å². The van der Waals surface area contributed by atoms with Crippen molar-refractivity contribution in [3.63, 3.8) is 0 Å². The van der Waals surface area contributed by atoms with E-state index in [-0.39, 0.29) is 0 Å². The van der Waals surface area contributed by atoms with Gasteiger partial charge in [0.15, 0.2) is 0 Å². The zero-order chi connectivity index (χ0) is 18.8. The Kier molecular flexibility index (Phi) is 4.81. The van der Waals surface area contributed by atoms with Crippen LogP contribution in [0.3, 0.4) is 0 Å². The highest BCUT2D eigenvalue weighted by molar-refractivity contribution is 5.91. The molecule has 6 heteroatoms. The van der Waals surface area contributed by atoms with E-state index in [0.29, 0.717) is 5.95 Å². The summed E-state index contributed by atoms with van der Waals surface area (Å²) in [5, 5.41) is 4.45. The third-order valence-electron chi connectivity index (χ3n) is 4.99. The van der Waals surface area contributed by atoms with Gasteiger partial charge in [-0.3, -0.25) is 0 Å². The summed E-state index contributed by atoms with van der Waals surface area (Å²) in [6, 6.07) is 14.2. The minimum atomic E-state index is 0.589. The molecule has 1 N–H and O–H groups in total. The van der Waals surface area contributed by atoms with Gasteiger partial charge in [0.05, 0.1) is 18.3 Å². The third kappa shape index (κ3) is 3.66. The zero-order valence-corrected chi connectivity index (χ0v) is 16.1. The van der Waals surface area contributed by atoms with Crippen molar-refractivity contribution in [2.24, 2.45) is 0 Å². The molecule has 4 rings (SSSR count). The summed E-state index contributed by atoms with van der Waals surface area (Å²) < 4.78 is 5.48. The number of likely N-dealkylation sites (N-methyl/N-ethyl adjacent to an activating group) is 1. The number of fused-ring (bicyclic) bond motifs is 1. The first kappa shape index (κ1) is 17.5. The van der Waals surface area contributed by atoms with E-state index in [4.69, 9.17) is 14.7 Å². The number of para-hydroxylation sites is 1. The van der Waals surface area contributed by atoms with E-state index in [9.17, 15) is 0 Å². The molecule has 0 unspecified atom stereocenters. The molecule has 1 fully saturated rings. The Bertz CT molecular complexity index is 950. The molecular formula is C21H25N5O. The first-order chi connectivity index (χ1) is 13.1. The molecule has 0 aliphatic carbocycles. The van der Waals surface area contributed by atoms with Crippen molar-refractivity contribution in [3.05, 3.63) is 48.0 Å². The van der Waals surface area contributed by atoms with Crippen LogP contribution in [0.1, 0.15) is 5.56 Å². The Morgan fingerprint density at radius 1 is 1.00 bits per heavy atom. The number of nitrogens with zero attached hydrogens (tertiary/aromatic N) is 4. The van der Waals surface area contributed by atoms with Gasteiger partial charge in [-0.1, -0.05) is 18.2 Å². The number of aromatic nitrogens is 2. The number of hydrogen-bond donors (Lipinski definition) is 1. The van der Waals surface area contributed by atoms with E-state index in [0.717, 1.165) is 59.9 Å². The second kappa shape index (κ2) is 7.40. The number of methoxy groups -OCH3 is 1. The first-order valence-corrected chi connectivity index (χ1v) is 9.26. The number of benzene rings is 2. The van der Waals surface area contributed by atoms with Gasteiger partial charge in [0, 0.05) is 31.6 Å². The number of anilines is 3. The average molecular weight is 363 g/mol. The van der Waals surface area contributed by atoms with Crippen molar-refractivity contribution in [2.75, 3.05) is 50.6 Å². The van der Waals surface area contributed by atoms with E-state index in [1.54, 1.807) is 7.11 Å². The fourth-order valence-corrected chi connectivity index (χ4v) is 3.42. The van der Waals surface area contributed by atoms with Crippen LogP contribution >= 0.6 is 0 Å². The quantitative estimate of drug-likeness (QED) is 0.766. The molecule has 1 aliphatic heterocycles. The number of aryl methyl sites for hydroxylation is 1. The van der Waals surface area contributed by atoms with Crippen LogP contribution in [0, 0.1) is 6.92 Å². The fraction of sp³-hybridized carbons (Fsp3) is 0.333. The van der Waals surface area contributed by atoms with Crippen molar-refractivity contribution in [2.45, 2.75) is 6.92 Å². The number of hydrogen-bond acceptors (Lipinski definition) is 6. The Hall–Kier alpha value is -2.86. The molecule has 1 saturated heterocycles. The maximum atomic E-state index is 5.48. The van der Waals surface area contributed by atoms with Gasteiger partial charge >= 0.3 is 0 Å². The number of ether oxygens (including phenoxy) is 1. The summed E-state index contributed by atoms with van der Waals surface area (Å²) in [5.74, 6) is 2.35. The molecule has 1 aromatic heterocycles. The molecule has 0 radical (unpaired) electrons. The Balaban J connectivity index is 1.75.